The molecule has 1 aromatic rings. The van der Waals surface area contributed by atoms with E-state index in [2.05, 4.69) is 12.2 Å². The molecule has 1 aromatic carbocycles. The molecule has 6 heteroatoms. The van der Waals surface area contributed by atoms with Gasteiger partial charge in [-0.3, -0.25) is 4.79 Å². The normalized spacial score (nSPS) is 22.0. The molecule has 1 saturated carbocycles. The Kier molecular flexibility index (Phi) is 5.73. The number of rotatable bonds is 4. The maximum absolute atomic E-state index is 11.9. The fourth-order valence-electron chi connectivity index (χ4n) is 2.49. The molecule has 0 heterocycles. The quantitative estimate of drug-likeness (QED) is 0.816. The molecule has 0 unspecified atom stereocenters. The van der Waals surface area contributed by atoms with Crippen molar-refractivity contribution in [3.05, 3.63) is 22.2 Å². The molecule has 4 nitrogen and oxygen atoms in total. The highest BCUT2D eigenvalue weighted by Gasteiger charge is 2.20. The zero-order valence-corrected chi connectivity index (χ0v) is 13.5. The molecule has 0 bridgehead atoms. The lowest BCUT2D eigenvalue weighted by molar-refractivity contribution is -0.123. The molecule has 1 fully saturated rings. The molecule has 0 aromatic heterocycles. The number of nitrogens with one attached hydrogen (secondary N) is 1. The zero-order valence-electron chi connectivity index (χ0n) is 12.0. The Morgan fingerprint density at radius 1 is 1.33 bits per heavy atom. The molecule has 21 heavy (non-hydrogen) atoms. The van der Waals surface area contributed by atoms with Crippen LogP contribution in [0.15, 0.2) is 12.1 Å². The standard InChI is InChI=1S/C15H20Cl2N2O2/c1-9-2-4-11(5-3-9)21-8-14(20)19-15-12(17)6-10(16)7-13(15)18/h6-7,9,11H,2-5,8,18H2,1H3,(H,19,20). The van der Waals surface area contributed by atoms with E-state index in [0.29, 0.717) is 21.4 Å². The number of ether oxygens (including phenoxy) is 1. The third kappa shape index (κ3) is 4.77. The van der Waals surface area contributed by atoms with E-state index in [0.717, 1.165) is 31.6 Å². The van der Waals surface area contributed by atoms with E-state index < -0.39 is 0 Å². The highest BCUT2D eigenvalue weighted by Crippen LogP contribution is 2.32. The number of halogens is 2. The first-order chi connectivity index (χ1) is 9.95. The Labute approximate surface area is 134 Å². The average Bonchev–Trinajstić information content (AvgIpc) is 2.42. The molecule has 0 aliphatic heterocycles. The number of anilines is 2. The Morgan fingerprint density at radius 3 is 2.62 bits per heavy atom. The first-order valence-corrected chi connectivity index (χ1v) is 7.87. The average molecular weight is 331 g/mol. The van der Waals surface area contributed by atoms with Crippen LogP contribution in [0.3, 0.4) is 0 Å². The number of carbonyl (C=O) groups excluding carboxylic acids is 1. The highest BCUT2D eigenvalue weighted by molar-refractivity contribution is 6.37. The van der Waals surface area contributed by atoms with Gasteiger partial charge in [0.25, 0.3) is 0 Å². The van der Waals surface area contributed by atoms with E-state index in [4.69, 9.17) is 33.7 Å². The summed E-state index contributed by atoms with van der Waals surface area (Å²) in [7, 11) is 0. The van der Waals surface area contributed by atoms with E-state index in [9.17, 15) is 4.79 Å². The van der Waals surface area contributed by atoms with Crippen molar-refractivity contribution < 1.29 is 9.53 Å². The number of nitrogens with two attached hydrogens (primary N) is 1. The lowest BCUT2D eigenvalue weighted by Gasteiger charge is -2.26. The van der Waals surface area contributed by atoms with Crippen molar-refractivity contribution in [2.75, 3.05) is 17.7 Å². The summed E-state index contributed by atoms with van der Waals surface area (Å²) in [5.74, 6) is 0.496. The molecule has 0 radical (unpaired) electrons. The summed E-state index contributed by atoms with van der Waals surface area (Å²) in [4.78, 5) is 11.9. The van der Waals surface area contributed by atoms with Gasteiger partial charge in [-0.15, -0.1) is 0 Å². The fourth-order valence-corrected chi connectivity index (χ4v) is 3.05. The van der Waals surface area contributed by atoms with Crippen LogP contribution in [0.1, 0.15) is 32.6 Å². The maximum atomic E-state index is 11.9. The summed E-state index contributed by atoms with van der Waals surface area (Å²) >= 11 is 11.9. The Morgan fingerprint density at radius 2 is 2.00 bits per heavy atom. The smallest absolute Gasteiger partial charge is 0.250 e. The van der Waals surface area contributed by atoms with Crippen molar-refractivity contribution in [2.45, 2.75) is 38.7 Å². The predicted octanol–water partition coefficient (Wildman–Crippen LogP) is 4.11. The highest BCUT2D eigenvalue weighted by atomic mass is 35.5. The Hall–Kier alpha value is -0.970. The van der Waals surface area contributed by atoms with Crippen LogP contribution >= 0.6 is 23.2 Å². The lowest BCUT2D eigenvalue weighted by Crippen LogP contribution is -2.26. The van der Waals surface area contributed by atoms with E-state index in [1.165, 1.54) is 0 Å². The summed E-state index contributed by atoms with van der Waals surface area (Å²) in [6, 6.07) is 3.09. The van der Waals surface area contributed by atoms with Crippen LogP contribution < -0.4 is 11.1 Å². The maximum Gasteiger partial charge on any atom is 0.250 e. The molecule has 1 aliphatic carbocycles. The van der Waals surface area contributed by atoms with Gasteiger partial charge in [-0.05, 0) is 43.7 Å². The van der Waals surface area contributed by atoms with Crippen molar-refractivity contribution in [1.29, 1.82) is 0 Å². The fraction of sp³-hybridized carbons (Fsp3) is 0.533. The van der Waals surface area contributed by atoms with Gasteiger partial charge in [-0.2, -0.15) is 0 Å². The minimum atomic E-state index is -0.260. The van der Waals surface area contributed by atoms with Gasteiger partial charge < -0.3 is 15.8 Å². The summed E-state index contributed by atoms with van der Waals surface area (Å²) < 4.78 is 5.65. The number of carbonyl (C=O) groups is 1. The largest absolute Gasteiger partial charge is 0.397 e. The third-order valence-corrected chi connectivity index (χ3v) is 4.28. The molecular weight excluding hydrogens is 311 g/mol. The summed E-state index contributed by atoms with van der Waals surface area (Å²) in [6.07, 6.45) is 4.51. The van der Waals surface area contributed by atoms with Gasteiger partial charge in [-0.1, -0.05) is 30.1 Å². The van der Waals surface area contributed by atoms with Crippen LogP contribution in [0, 0.1) is 5.92 Å². The molecule has 2 rings (SSSR count). The number of benzene rings is 1. The minimum absolute atomic E-state index is 0.0114. The molecule has 1 amide bonds. The van der Waals surface area contributed by atoms with Crippen molar-refractivity contribution in [3.8, 4) is 0 Å². The molecule has 1 aliphatic rings. The Balaban J connectivity index is 1.85. The summed E-state index contributed by atoms with van der Waals surface area (Å²) in [5, 5.41) is 3.43. The first-order valence-electron chi connectivity index (χ1n) is 7.11. The monoisotopic (exact) mass is 330 g/mol. The van der Waals surface area contributed by atoms with Crippen LogP contribution in [0.4, 0.5) is 11.4 Å². The van der Waals surface area contributed by atoms with E-state index in [1.54, 1.807) is 12.1 Å². The van der Waals surface area contributed by atoms with Crippen molar-refractivity contribution in [1.82, 2.24) is 0 Å². The lowest BCUT2D eigenvalue weighted by atomic mass is 9.89. The number of amides is 1. The van der Waals surface area contributed by atoms with Crippen molar-refractivity contribution >= 4 is 40.5 Å². The second-order valence-electron chi connectivity index (χ2n) is 5.59. The topological polar surface area (TPSA) is 64.3 Å². The molecule has 3 N–H and O–H groups in total. The second-order valence-corrected chi connectivity index (χ2v) is 6.44. The molecule has 0 spiro atoms. The van der Waals surface area contributed by atoms with Crippen LogP contribution in [-0.2, 0) is 9.53 Å². The van der Waals surface area contributed by atoms with E-state index in [1.807, 2.05) is 0 Å². The van der Waals surface area contributed by atoms with Gasteiger partial charge in [0.2, 0.25) is 5.91 Å². The summed E-state index contributed by atoms with van der Waals surface area (Å²) in [5.41, 5.74) is 6.52. The van der Waals surface area contributed by atoms with E-state index >= 15 is 0 Å². The number of nitrogen functional groups attached to an aromatic ring is 1. The third-order valence-electron chi connectivity index (χ3n) is 3.76. The first kappa shape index (κ1) is 16.4. The number of hydrogen-bond donors (Lipinski definition) is 2. The SMILES string of the molecule is CC1CCC(OCC(=O)Nc2c(N)cc(Cl)cc2Cl)CC1. The van der Waals surface area contributed by atoms with Crippen LogP contribution in [0.25, 0.3) is 0 Å². The summed E-state index contributed by atoms with van der Waals surface area (Å²) in [6.45, 7) is 2.26. The van der Waals surface area contributed by atoms with Gasteiger partial charge in [0.1, 0.15) is 6.61 Å². The second kappa shape index (κ2) is 7.34. The van der Waals surface area contributed by atoms with E-state index in [-0.39, 0.29) is 18.6 Å². The van der Waals surface area contributed by atoms with Gasteiger partial charge >= 0.3 is 0 Å². The molecule has 0 saturated heterocycles. The van der Waals surface area contributed by atoms with Gasteiger partial charge in [-0.25, -0.2) is 0 Å². The van der Waals surface area contributed by atoms with Crippen LogP contribution in [0.2, 0.25) is 10.0 Å². The van der Waals surface area contributed by atoms with Gasteiger partial charge in [0.05, 0.1) is 22.5 Å². The molecular formula is C15H20Cl2N2O2. The zero-order chi connectivity index (χ0) is 15.4. The Bertz CT molecular complexity index is 491. The van der Waals surface area contributed by atoms with Crippen LogP contribution in [-0.4, -0.2) is 18.6 Å². The minimum Gasteiger partial charge on any atom is -0.397 e. The van der Waals surface area contributed by atoms with Crippen molar-refractivity contribution in [3.63, 3.8) is 0 Å². The number of hydrogen-bond acceptors (Lipinski definition) is 3. The van der Waals surface area contributed by atoms with Gasteiger partial charge in [0.15, 0.2) is 0 Å². The molecule has 0 atom stereocenters. The van der Waals surface area contributed by atoms with Crippen molar-refractivity contribution in [2.24, 2.45) is 5.92 Å². The molecule has 116 valence electrons. The predicted molar refractivity (Wildman–Crippen MR) is 86.9 cm³/mol. The van der Waals surface area contributed by atoms with Crippen LogP contribution in [0.5, 0.6) is 0 Å². The van der Waals surface area contributed by atoms with Gasteiger partial charge in [0, 0.05) is 5.02 Å².